The fourth-order valence-corrected chi connectivity index (χ4v) is 3.78. The van der Waals surface area contributed by atoms with E-state index in [1.165, 1.54) is 5.56 Å². The van der Waals surface area contributed by atoms with Crippen molar-refractivity contribution >= 4 is 11.6 Å². The van der Waals surface area contributed by atoms with Gasteiger partial charge in [0, 0.05) is 41.9 Å². The zero-order valence-electron chi connectivity index (χ0n) is 17.8. The van der Waals surface area contributed by atoms with E-state index in [9.17, 15) is 4.79 Å². The third kappa shape index (κ3) is 4.29. The van der Waals surface area contributed by atoms with Crippen molar-refractivity contribution in [3.05, 3.63) is 66.2 Å². The lowest BCUT2D eigenvalue weighted by Gasteiger charge is -2.42. The Bertz CT molecular complexity index is 764. The van der Waals surface area contributed by atoms with Gasteiger partial charge in [0.2, 0.25) is 5.91 Å². The number of hydrogen-bond donors (Lipinski definition) is 0. The molecule has 0 bridgehead atoms. The molecule has 1 aliphatic rings. The van der Waals surface area contributed by atoms with Gasteiger partial charge in [0.1, 0.15) is 0 Å². The van der Waals surface area contributed by atoms with Crippen LogP contribution in [0.15, 0.2) is 60.7 Å². The summed E-state index contributed by atoms with van der Waals surface area (Å²) < 4.78 is 22.6. The van der Waals surface area contributed by atoms with E-state index in [2.05, 4.69) is 36.1 Å². The van der Waals surface area contributed by atoms with Gasteiger partial charge in [-0.15, -0.1) is 0 Å². The van der Waals surface area contributed by atoms with Crippen LogP contribution >= 0.6 is 0 Å². The van der Waals surface area contributed by atoms with Crippen LogP contribution < -0.4 is 4.90 Å². The zero-order chi connectivity index (χ0) is 20.1. The third-order valence-electron chi connectivity index (χ3n) is 4.98. The lowest BCUT2D eigenvalue weighted by molar-refractivity contribution is -0.119. The lowest BCUT2D eigenvalue weighted by Crippen LogP contribution is -2.52. The molecule has 0 aliphatic carbocycles. The SMILES string of the molecule is [2H]C([2H])([2H])CC(=O)N(c1ccccc1)[C@@H]1CCN(Cc2ccccc2)C[C@@H]1C. The topological polar surface area (TPSA) is 23.6 Å². The third-order valence-corrected chi connectivity index (χ3v) is 4.98. The van der Waals surface area contributed by atoms with Gasteiger partial charge in [-0.1, -0.05) is 62.3 Å². The molecule has 1 fully saturated rings. The molecule has 3 nitrogen and oxygen atoms in total. The monoisotopic (exact) mass is 339 g/mol. The van der Waals surface area contributed by atoms with Gasteiger partial charge in [0.25, 0.3) is 0 Å². The summed E-state index contributed by atoms with van der Waals surface area (Å²) in [4.78, 5) is 17.1. The number of piperidine rings is 1. The molecule has 132 valence electrons. The van der Waals surface area contributed by atoms with Crippen molar-refractivity contribution in [3.63, 3.8) is 0 Å². The van der Waals surface area contributed by atoms with E-state index in [0.717, 1.165) is 31.7 Å². The van der Waals surface area contributed by atoms with Gasteiger partial charge >= 0.3 is 0 Å². The molecule has 3 rings (SSSR count). The summed E-state index contributed by atoms with van der Waals surface area (Å²) >= 11 is 0. The maximum absolute atomic E-state index is 12.9. The maximum atomic E-state index is 12.9. The van der Waals surface area contributed by atoms with Crippen molar-refractivity contribution in [3.8, 4) is 0 Å². The molecule has 25 heavy (non-hydrogen) atoms. The molecule has 1 heterocycles. The molecule has 1 saturated heterocycles. The summed E-state index contributed by atoms with van der Waals surface area (Å²) in [5, 5.41) is 0. The van der Waals surface area contributed by atoms with Crippen LogP contribution in [-0.2, 0) is 11.3 Å². The number of benzene rings is 2. The first-order chi connectivity index (χ1) is 13.3. The number of rotatable bonds is 5. The fourth-order valence-electron chi connectivity index (χ4n) is 3.78. The number of para-hydroxylation sites is 1. The highest BCUT2D eigenvalue weighted by atomic mass is 16.2. The number of carbonyl (C=O) groups is 1. The lowest BCUT2D eigenvalue weighted by atomic mass is 9.91. The van der Waals surface area contributed by atoms with Crippen LogP contribution in [0.4, 0.5) is 5.69 Å². The Balaban J connectivity index is 1.75. The first kappa shape index (κ1) is 14.1. The Labute approximate surface area is 155 Å². The smallest absolute Gasteiger partial charge is 0.226 e. The van der Waals surface area contributed by atoms with Crippen molar-refractivity contribution < 1.29 is 8.91 Å². The van der Waals surface area contributed by atoms with Gasteiger partial charge in [0.05, 0.1) is 0 Å². The molecule has 0 saturated carbocycles. The molecular weight excluding hydrogens is 308 g/mol. The van der Waals surface area contributed by atoms with Gasteiger partial charge in [-0.05, 0) is 30.0 Å². The first-order valence-corrected chi connectivity index (χ1v) is 8.97. The summed E-state index contributed by atoms with van der Waals surface area (Å²) in [6.45, 7) is 2.55. The minimum Gasteiger partial charge on any atom is -0.309 e. The number of amides is 1. The molecule has 3 heteroatoms. The average molecular weight is 339 g/mol. The van der Waals surface area contributed by atoms with E-state index in [1.807, 2.05) is 36.4 Å². The largest absolute Gasteiger partial charge is 0.309 e. The van der Waals surface area contributed by atoms with Crippen LogP contribution in [0.5, 0.6) is 0 Å². The quantitative estimate of drug-likeness (QED) is 0.809. The molecule has 0 unspecified atom stereocenters. The Morgan fingerprint density at radius 2 is 1.84 bits per heavy atom. The van der Waals surface area contributed by atoms with E-state index < -0.39 is 13.3 Å². The summed E-state index contributed by atoms with van der Waals surface area (Å²) in [7, 11) is 0. The van der Waals surface area contributed by atoms with Crippen LogP contribution in [0, 0.1) is 5.92 Å². The van der Waals surface area contributed by atoms with Gasteiger partial charge in [-0.25, -0.2) is 0 Å². The Morgan fingerprint density at radius 3 is 2.48 bits per heavy atom. The van der Waals surface area contributed by atoms with Crippen molar-refractivity contribution in [2.45, 2.75) is 39.2 Å². The molecule has 2 aromatic carbocycles. The normalized spacial score (nSPS) is 23.3. The zero-order valence-corrected chi connectivity index (χ0v) is 14.8. The Morgan fingerprint density at radius 1 is 1.16 bits per heavy atom. The highest BCUT2D eigenvalue weighted by molar-refractivity contribution is 5.93. The second kappa shape index (κ2) is 8.30. The molecule has 0 aromatic heterocycles. The maximum Gasteiger partial charge on any atom is 0.226 e. The summed E-state index contributed by atoms with van der Waals surface area (Å²) in [5.41, 5.74) is 2.07. The molecule has 0 N–H and O–H groups in total. The number of anilines is 1. The second-order valence-corrected chi connectivity index (χ2v) is 6.83. The van der Waals surface area contributed by atoms with Crippen LogP contribution in [-0.4, -0.2) is 29.9 Å². The summed E-state index contributed by atoms with van der Waals surface area (Å²) in [6, 6.07) is 19.9. The van der Waals surface area contributed by atoms with Crippen molar-refractivity contribution in [1.29, 1.82) is 0 Å². The molecule has 0 spiro atoms. The minimum absolute atomic E-state index is 0.00396. The Hall–Kier alpha value is -2.13. The first-order valence-electron chi connectivity index (χ1n) is 10.5. The predicted molar refractivity (Wildman–Crippen MR) is 104 cm³/mol. The summed E-state index contributed by atoms with van der Waals surface area (Å²) in [6.07, 6.45) is 0.397. The summed E-state index contributed by atoms with van der Waals surface area (Å²) in [5.74, 6) is -0.0715. The average Bonchev–Trinajstić information content (AvgIpc) is 2.64. The fraction of sp³-hybridized carbons (Fsp3) is 0.409. The van der Waals surface area contributed by atoms with Crippen molar-refractivity contribution in [2.75, 3.05) is 18.0 Å². The van der Waals surface area contributed by atoms with E-state index in [1.54, 1.807) is 4.90 Å². The van der Waals surface area contributed by atoms with Gasteiger partial charge < -0.3 is 4.90 Å². The number of nitrogens with zero attached hydrogens (tertiary/aromatic N) is 2. The van der Waals surface area contributed by atoms with Gasteiger partial charge in [-0.2, -0.15) is 0 Å². The highest BCUT2D eigenvalue weighted by Crippen LogP contribution is 2.28. The van der Waals surface area contributed by atoms with Gasteiger partial charge in [0.15, 0.2) is 0 Å². The molecule has 2 aromatic rings. The van der Waals surface area contributed by atoms with E-state index in [-0.39, 0.29) is 17.9 Å². The van der Waals surface area contributed by atoms with Crippen LogP contribution in [0.25, 0.3) is 0 Å². The number of hydrogen-bond acceptors (Lipinski definition) is 2. The molecule has 2 atom stereocenters. The molecular formula is C22H28N2O. The molecule has 1 aliphatic heterocycles. The molecule has 1 amide bonds. The van der Waals surface area contributed by atoms with Crippen molar-refractivity contribution in [2.24, 2.45) is 5.92 Å². The van der Waals surface area contributed by atoms with Crippen molar-refractivity contribution in [1.82, 2.24) is 4.90 Å². The van der Waals surface area contributed by atoms with Crippen LogP contribution in [0.3, 0.4) is 0 Å². The minimum atomic E-state index is -2.26. The van der Waals surface area contributed by atoms with E-state index in [0.29, 0.717) is 0 Å². The standard InChI is InChI=1S/C22H28N2O/c1-3-22(25)24(20-12-8-5-9-13-20)21-14-15-23(16-18(21)2)17-19-10-6-4-7-11-19/h4-13,18,21H,3,14-17H2,1-2H3/t18-,21+/m0/s1/i1D3. The van der Waals surface area contributed by atoms with E-state index in [4.69, 9.17) is 4.11 Å². The van der Waals surface area contributed by atoms with E-state index >= 15 is 0 Å². The van der Waals surface area contributed by atoms with Crippen LogP contribution in [0.1, 0.15) is 36.3 Å². The molecule has 0 radical (unpaired) electrons. The van der Waals surface area contributed by atoms with Crippen LogP contribution in [0.2, 0.25) is 0 Å². The Kier molecular flexibility index (Phi) is 4.68. The highest BCUT2D eigenvalue weighted by Gasteiger charge is 2.33. The number of carbonyl (C=O) groups excluding carboxylic acids is 1. The predicted octanol–water partition coefficient (Wildman–Crippen LogP) is 4.34. The second-order valence-electron chi connectivity index (χ2n) is 6.83. The van der Waals surface area contributed by atoms with Gasteiger partial charge in [-0.3, -0.25) is 9.69 Å². The number of likely N-dealkylation sites (tertiary alicyclic amines) is 1.